The molecule has 0 amide bonds. The van der Waals surface area contributed by atoms with Crippen LogP contribution >= 0.6 is 0 Å². The topological polar surface area (TPSA) is 112 Å². The lowest BCUT2D eigenvalue weighted by molar-refractivity contribution is 0.669. The van der Waals surface area contributed by atoms with Crippen molar-refractivity contribution in [2.75, 3.05) is 4.90 Å². The zero-order valence-corrected chi connectivity index (χ0v) is 27.6. The third-order valence-corrected chi connectivity index (χ3v) is 9.14. The smallest absolute Gasteiger partial charge is 0.135 e. The van der Waals surface area contributed by atoms with Crippen molar-refractivity contribution in [2.45, 2.75) is 0 Å². The molecule has 6 heteroatoms. The molecular weight excluding hydrogens is 639 g/mol. The number of anilines is 3. The molecule has 0 aliphatic carbocycles. The zero-order chi connectivity index (χ0) is 35.6. The monoisotopic (exact) mass is 663 g/mol. The molecule has 240 valence electrons. The second-order valence-corrected chi connectivity index (χ2v) is 12.3. The van der Waals surface area contributed by atoms with E-state index in [9.17, 15) is 21.0 Å². The summed E-state index contributed by atoms with van der Waals surface area (Å²) in [5, 5.41) is 40.2. The van der Waals surface area contributed by atoms with Crippen LogP contribution in [0.4, 0.5) is 17.1 Å². The minimum atomic E-state index is 0.433. The van der Waals surface area contributed by atoms with Crippen LogP contribution in [0.2, 0.25) is 0 Å². The SMILES string of the molecule is N#Cc1cc(C#N)cc(-c2ccc(N(c3ccc(-c4cc(C#N)cc(C#N)c4)cc3)c3ccc(-c4ccc5oc6ccccc6c5c4)cc3)cc2)c1. The summed E-state index contributed by atoms with van der Waals surface area (Å²) < 4.78 is 6.05. The lowest BCUT2D eigenvalue weighted by atomic mass is 9.99. The first-order valence-electron chi connectivity index (χ1n) is 16.5. The Balaban J connectivity index is 1.19. The van der Waals surface area contributed by atoms with Crippen LogP contribution in [0.5, 0.6) is 0 Å². The van der Waals surface area contributed by atoms with Crippen molar-refractivity contribution in [1.82, 2.24) is 0 Å². The van der Waals surface area contributed by atoms with E-state index in [4.69, 9.17) is 4.42 Å². The number of hydrogen-bond donors (Lipinski definition) is 0. The molecule has 8 aromatic rings. The van der Waals surface area contributed by atoms with Gasteiger partial charge in [-0.2, -0.15) is 21.0 Å². The molecule has 0 aliphatic rings. The normalized spacial score (nSPS) is 10.6. The van der Waals surface area contributed by atoms with Gasteiger partial charge in [-0.3, -0.25) is 0 Å². The molecule has 0 bridgehead atoms. The Labute approximate surface area is 300 Å². The fraction of sp³-hybridized carbons (Fsp3) is 0. The summed E-state index contributed by atoms with van der Waals surface area (Å²) in [4.78, 5) is 2.16. The molecule has 0 saturated carbocycles. The molecule has 52 heavy (non-hydrogen) atoms. The first kappa shape index (κ1) is 31.4. The summed E-state index contributed by atoms with van der Waals surface area (Å²) in [6, 6.07) is 57.7. The molecule has 0 saturated heterocycles. The van der Waals surface area contributed by atoms with Crippen molar-refractivity contribution in [2.24, 2.45) is 0 Å². The van der Waals surface area contributed by atoms with E-state index in [-0.39, 0.29) is 0 Å². The number of rotatable bonds is 6. The Hall–Kier alpha value is -7.90. The Morgan fingerprint density at radius 2 is 0.731 bits per heavy atom. The van der Waals surface area contributed by atoms with Gasteiger partial charge in [0.15, 0.2) is 0 Å². The lowest BCUT2D eigenvalue weighted by Crippen LogP contribution is -2.09. The summed E-state index contributed by atoms with van der Waals surface area (Å²) >= 11 is 0. The van der Waals surface area contributed by atoms with Crippen LogP contribution in [0.3, 0.4) is 0 Å². The lowest BCUT2D eigenvalue weighted by Gasteiger charge is -2.26. The van der Waals surface area contributed by atoms with Gasteiger partial charge in [-0.05, 0) is 124 Å². The van der Waals surface area contributed by atoms with Gasteiger partial charge >= 0.3 is 0 Å². The van der Waals surface area contributed by atoms with Crippen molar-refractivity contribution in [3.05, 3.63) is 174 Å². The molecule has 1 aromatic heterocycles. The Morgan fingerprint density at radius 3 is 1.17 bits per heavy atom. The highest BCUT2D eigenvalue weighted by Gasteiger charge is 2.15. The maximum absolute atomic E-state index is 9.51. The summed E-state index contributed by atoms with van der Waals surface area (Å²) in [5.41, 5.74) is 11.7. The molecule has 0 radical (unpaired) electrons. The van der Waals surface area contributed by atoms with Gasteiger partial charge in [-0.1, -0.05) is 60.7 Å². The standard InChI is InChI=1S/C46H25N5O/c47-26-30-19-31(27-48)22-38(21-30)35-7-14-41(15-8-35)51(42-16-9-36(10-17-42)39-23-32(28-49)20-33(24-39)29-50)40-12-5-34(6-13-40)37-11-18-46-44(25-37)43-3-1-2-4-45(43)52-46/h1-25H. The number of hydrogen-bond acceptors (Lipinski definition) is 6. The minimum absolute atomic E-state index is 0.433. The first-order valence-corrected chi connectivity index (χ1v) is 16.5. The van der Waals surface area contributed by atoms with Gasteiger partial charge in [0.05, 0.1) is 46.5 Å². The van der Waals surface area contributed by atoms with E-state index >= 15 is 0 Å². The molecule has 6 nitrogen and oxygen atoms in total. The Kier molecular flexibility index (Phi) is 7.96. The van der Waals surface area contributed by atoms with Gasteiger partial charge in [0.2, 0.25) is 0 Å². The van der Waals surface area contributed by atoms with Crippen molar-refractivity contribution in [1.29, 1.82) is 21.0 Å². The summed E-state index contributed by atoms with van der Waals surface area (Å²) in [5.74, 6) is 0. The van der Waals surface area contributed by atoms with Gasteiger partial charge < -0.3 is 9.32 Å². The van der Waals surface area contributed by atoms with Crippen LogP contribution < -0.4 is 4.90 Å². The Morgan fingerprint density at radius 1 is 0.346 bits per heavy atom. The van der Waals surface area contributed by atoms with Crippen LogP contribution in [0.15, 0.2) is 156 Å². The van der Waals surface area contributed by atoms with Crippen LogP contribution in [0.25, 0.3) is 55.3 Å². The third kappa shape index (κ3) is 5.87. The molecule has 0 aliphatic heterocycles. The summed E-state index contributed by atoms with van der Waals surface area (Å²) in [6.07, 6.45) is 0. The summed E-state index contributed by atoms with van der Waals surface area (Å²) in [7, 11) is 0. The molecule has 0 fully saturated rings. The second-order valence-electron chi connectivity index (χ2n) is 12.3. The molecule has 1 heterocycles. The number of benzene rings is 7. The predicted molar refractivity (Wildman–Crippen MR) is 204 cm³/mol. The molecular formula is C46H25N5O. The van der Waals surface area contributed by atoms with Crippen molar-refractivity contribution >= 4 is 39.0 Å². The van der Waals surface area contributed by atoms with Gasteiger partial charge in [-0.25, -0.2) is 0 Å². The highest BCUT2D eigenvalue weighted by Crippen LogP contribution is 2.39. The van der Waals surface area contributed by atoms with Gasteiger partial charge in [0, 0.05) is 27.8 Å². The molecule has 8 rings (SSSR count). The number of nitriles is 4. The zero-order valence-electron chi connectivity index (χ0n) is 27.6. The quantitative estimate of drug-likeness (QED) is 0.175. The van der Waals surface area contributed by atoms with Gasteiger partial charge in [0.1, 0.15) is 11.2 Å². The van der Waals surface area contributed by atoms with Gasteiger partial charge in [-0.15, -0.1) is 0 Å². The predicted octanol–water partition coefficient (Wildman–Crippen LogP) is 11.5. The second kappa shape index (κ2) is 13.2. The molecule has 7 aromatic carbocycles. The third-order valence-electron chi connectivity index (χ3n) is 9.14. The average Bonchev–Trinajstić information content (AvgIpc) is 3.59. The van der Waals surface area contributed by atoms with E-state index < -0.39 is 0 Å². The van der Waals surface area contributed by atoms with Crippen LogP contribution in [-0.4, -0.2) is 0 Å². The highest BCUT2D eigenvalue weighted by atomic mass is 16.3. The number of fused-ring (bicyclic) bond motifs is 3. The molecule has 0 spiro atoms. The number of para-hydroxylation sites is 1. The number of furan rings is 1. The van der Waals surface area contributed by atoms with Crippen LogP contribution in [-0.2, 0) is 0 Å². The van der Waals surface area contributed by atoms with E-state index in [0.717, 1.165) is 72.4 Å². The largest absolute Gasteiger partial charge is 0.456 e. The van der Waals surface area contributed by atoms with Crippen LogP contribution in [0.1, 0.15) is 22.3 Å². The van der Waals surface area contributed by atoms with E-state index in [1.165, 1.54) is 0 Å². The van der Waals surface area contributed by atoms with Crippen molar-refractivity contribution < 1.29 is 4.42 Å². The van der Waals surface area contributed by atoms with E-state index in [0.29, 0.717) is 22.3 Å². The number of nitrogens with zero attached hydrogens (tertiary/aromatic N) is 5. The van der Waals surface area contributed by atoms with Crippen molar-refractivity contribution in [3.63, 3.8) is 0 Å². The molecule has 0 N–H and O–H groups in total. The maximum atomic E-state index is 9.51. The van der Waals surface area contributed by atoms with Crippen molar-refractivity contribution in [3.8, 4) is 57.7 Å². The highest BCUT2D eigenvalue weighted by molar-refractivity contribution is 6.06. The minimum Gasteiger partial charge on any atom is -0.456 e. The fourth-order valence-corrected chi connectivity index (χ4v) is 6.61. The Bertz CT molecular complexity index is 2640. The molecule has 0 unspecified atom stereocenters. The van der Waals surface area contributed by atoms with E-state index in [1.54, 1.807) is 36.4 Å². The van der Waals surface area contributed by atoms with E-state index in [1.807, 2.05) is 72.8 Å². The fourth-order valence-electron chi connectivity index (χ4n) is 6.61. The summed E-state index contributed by atoms with van der Waals surface area (Å²) in [6.45, 7) is 0. The van der Waals surface area contributed by atoms with Gasteiger partial charge in [0.25, 0.3) is 0 Å². The first-order chi connectivity index (χ1) is 25.5. The average molecular weight is 664 g/mol. The molecule has 0 atom stereocenters. The maximum Gasteiger partial charge on any atom is 0.135 e. The van der Waals surface area contributed by atoms with Crippen LogP contribution in [0, 0.1) is 45.3 Å². The van der Waals surface area contributed by atoms with E-state index in [2.05, 4.69) is 71.6 Å².